The molecule has 4 heterocycles. The summed E-state index contributed by atoms with van der Waals surface area (Å²) in [5.74, 6) is 0.327. The van der Waals surface area contributed by atoms with E-state index in [9.17, 15) is 4.79 Å². The van der Waals surface area contributed by atoms with Crippen molar-refractivity contribution in [1.82, 2.24) is 9.88 Å². The fourth-order valence-electron chi connectivity index (χ4n) is 4.26. The molecule has 3 fully saturated rings. The second-order valence-corrected chi connectivity index (χ2v) is 8.08. The maximum atomic E-state index is 12.3. The number of ether oxygens (including phenoxy) is 1. The number of nitrogens with zero attached hydrogens (tertiary/aromatic N) is 3. The van der Waals surface area contributed by atoms with Crippen molar-refractivity contribution in [2.45, 2.75) is 44.6 Å². The highest BCUT2D eigenvalue weighted by atomic mass is 32.1. The Balaban J connectivity index is 1.38. The third-order valence-corrected chi connectivity index (χ3v) is 6.54. The zero-order valence-electron chi connectivity index (χ0n) is 13.6. The maximum absolute atomic E-state index is 12.3. The number of carbonyl (C=O) groups excluding carboxylic acids is 1. The predicted octanol–water partition coefficient (Wildman–Crippen LogP) is 2.53. The largest absolute Gasteiger partial charge is 0.376 e. The van der Waals surface area contributed by atoms with Gasteiger partial charge < -0.3 is 14.5 Å². The van der Waals surface area contributed by atoms with Gasteiger partial charge in [0, 0.05) is 50.8 Å². The second kappa shape index (κ2) is 6.40. The van der Waals surface area contributed by atoms with Crippen LogP contribution in [0.2, 0.25) is 0 Å². The number of thiazole rings is 1. The third-order valence-electron chi connectivity index (χ3n) is 5.71. The molecule has 0 radical (unpaired) electrons. The molecule has 3 saturated heterocycles. The molecule has 3 aliphatic heterocycles. The van der Waals surface area contributed by atoms with E-state index in [1.54, 1.807) is 11.3 Å². The van der Waals surface area contributed by atoms with Crippen LogP contribution in [0, 0.1) is 5.41 Å². The number of anilines is 1. The lowest BCUT2D eigenvalue weighted by molar-refractivity contribution is -0.140. The second-order valence-electron chi connectivity index (χ2n) is 7.21. The summed E-state index contributed by atoms with van der Waals surface area (Å²) in [7, 11) is 0. The average Bonchev–Trinajstić information content (AvgIpc) is 3.26. The molecule has 1 atom stereocenters. The van der Waals surface area contributed by atoms with E-state index in [1.807, 2.05) is 11.6 Å². The molecule has 0 aromatic carbocycles. The Bertz CT molecular complexity index is 534. The van der Waals surface area contributed by atoms with Gasteiger partial charge in [0.25, 0.3) is 0 Å². The van der Waals surface area contributed by atoms with E-state index < -0.39 is 0 Å². The van der Waals surface area contributed by atoms with Crippen molar-refractivity contribution >= 4 is 22.4 Å². The summed E-state index contributed by atoms with van der Waals surface area (Å²) < 4.78 is 5.74. The van der Waals surface area contributed by atoms with Gasteiger partial charge in [-0.1, -0.05) is 0 Å². The smallest absolute Gasteiger partial charge is 0.222 e. The predicted molar refractivity (Wildman–Crippen MR) is 90.8 cm³/mol. The fourth-order valence-corrected chi connectivity index (χ4v) is 4.95. The number of rotatable bonds is 3. The standard InChI is InChI=1S/C17H25N3O2S/c21-15-3-4-17(13-20(15)12-14-2-1-10-22-14)5-8-19(9-6-17)16-18-7-11-23-16/h7,11,14H,1-6,8-10,12-13H2/t14-/m0/s1. The van der Waals surface area contributed by atoms with Crippen molar-refractivity contribution < 1.29 is 9.53 Å². The normalized spacial score (nSPS) is 27.8. The summed E-state index contributed by atoms with van der Waals surface area (Å²) in [6, 6.07) is 0. The average molecular weight is 335 g/mol. The van der Waals surface area contributed by atoms with E-state index in [-0.39, 0.29) is 6.10 Å². The molecule has 3 aliphatic rings. The highest BCUT2D eigenvalue weighted by Crippen LogP contribution is 2.41. The Morgan fingerprint density at radius 3 is 2.91 bits per heavy atom. The lowest BCUT2D eigenvalue weighted by Crippen LogP contribution is -2.53. The molecule has 23 heavy (non-hydrogen) atoms. The molecule has 0 saturated carbocycles. The molecule has 0 bridgehead atoms. The lowest BCUT2D eigenvalue weighted by atomic mass is 9.72. The van der Waals surface area contributed by atoms with Gasteiger partial charge in [-0.25, -0.2) is 4.98 Å². The number of piperidine rings is 2. The van der Waals surface area contributed by atoms with E-state index >= 15 is 0 Å². The number of hydrogen-bond donors (Lipinski definition) is 0. The molecule has 0 aliphatic carbocycles. The van der Waals surface area contributed by atoms with Crippen molar-refractivity contribution in [3.8, 4) is 0 Å². The van der Waals surface area contributed by atoms with Gasteiger partial charge in [-0.15, -0.1) is 11.3 Å². The number of hydrogen-bond acceptors (Lipinski definition) is 5. The third kappa shape index (κ3) is 3.24. The van der Waals surface area contributed by atoms with E-state index in [0.717, 1.165) is 57.2 Å². The van der Waals surface area contributed by atoms with Crippen molar-refractivity contribution in [3.05, 3.63) is 11.6 Å². The topological polar surface area (TPSA) is 45.7 Å². The van der Waals surface area contributed by atoms with Crippen LogP contribution >= 0.6 is 11.3 Å². The Morgan fingerprint density at radius 1 is 1.35 bits per heavy atom. The van der Waals surface area contributed by atoms with Crippen LogP contribution in [0.1, 0.15) is 38.5 Å². The Hall–Kier alpha value is -1.14. The summed E-state index contributed by atoms with van der Waals surface area (Å²) in [6.45, 7) is 4.72. The van der Waals surface area contributed by atoms with Crippen molar-refractivity contribution in [2.24, 2.45) is 5.41 Å². The van der Waals surface area contributed by atoms with E-state index in [1.165, 1.54) is 12.8 Å². The molecule has 5 nitrogen and oxygen atoms in total. The van der Waals surface area contributed by atoms with Gasteiger partial charge in [0.15, 0.2) is 5.13 Å². The zero-order valence-corrected chi connectivity index (χ0v) is 14.4. The minimum atomic E-state index is 0.268. The number of aromatic nitrogens is 1. The minimum absolute atomic E-state index is 0.268. The quantitative estimate of drug-likeness (QED) is 0.851. The first-order chi connectivity index (χ1) is 11.2. The van der Waals surface area contributed by atoms with E-state index in [4.69, 9.17) is 4.74 Å². The van der Waals surface area contributed by atoms with Gasteiger partial charge in [0.2, 0.25) is 5.91 Å². The molecule has 126 valence electrons. The number of amides is 1. The van der Waals surface area contributed by atoms with Crippen molar-refractivity contribution in [2.75, 3.05) is 37.7 Å². The van der Waals surface area contributed by atoms with E-state index in [2.05, 4.69) is 14.8 Å². The molecule has 4 rings (SSSR count). The van der Waals surface area contributed by atoms with Crippen LogP contribution in [-0.2, 0) is 9.53 Å². The van der Waals surface area contributed by atoms with Gasteiger partial charge in [0.05, 0.1) is 6.10 Å². The molecule has 1 spiro atoms. The van der Waals surface area contributed by atoms with Crippen molar-refractivity contribution in [1.29, 1.82) is 0 Å². The molecule has 1 aromatic rings. The summed E-state index contributed by atoms with van der Waals surface area (Å²) in [4.78, 5) is 21.2. The molecule has 1 aromatic heterocycles. The summed E-state index contributed by atoms with van der Waals surface area (Å²) in [5, 5.41) is 3.19. The molecule has 0 unspecified atom stereocenters. The molecule has 6 heteroatoms. The Labute approximate surface area is 141 Å². The Kier molecular flexibility index (Phi) is 4.28. The van der Waals surface area contributed by atoms with E-state index in [0.29, 0.717) is 17.7 Å². The first-order valence-corrected chi connectivity index (χ1v) is 9.66. The van der Waals surface area contributed by atoms with Gasteiger partial charge in [-0.2, -0.15) is 0 Å². The fraction of sp³-hybridized carbons (Fsp3) is 0.765. The van der Waals surface area contributed by atoms with Gasteiger partial charge >= 0.3 is 0 Å². The summed E-state index contributed by atoms with van der Waals surface area (Å²) >= 11 is 1.72. The van der Waals surface area contributed by atoms with Crippen LogP contribution in [0.25, 0.3) is 0 Å². The van der Waals surface area contributed by atoms with Crippen LogP contribution in [0.5, 0.6) is 0 Å². The monoisotopic (exact) mass is 335 g/mol. The lowest BCUT2D eigenvalue weighted by Gasteiger charge is -2.47. The van der Waals surface area contributed by atoms with Crippen LogP contribution in [0.3, 0.4) is 0 Å². The number of carbonyl (C=O) groups is 1. The maximum Gasteiger partial charge on any atom is 0.222 e. The SMILES string of the molecule is O=C1CCC2(CCN(c3nccs3)CC2)CN1C[C@@H]1CCCO1. The van der Waals surface area contributed by atoms with Crippen LogP contribution in [0.15, 0.2) is 11.6 Å². The zero-order chi connectivity index (χ0) is 15.7. The molecule has 1 amide bonds. The highest BCUT2D eigenvalue weighted by Gasteiger charge is 2.41. The molecular weight excluding hydrogens is 310 g/mol. The molecule has 0 N–H and O–H groups in total. The first-order valence-electron chi connectivity index (χ1n) is 8.78. The summed E-state index contributed by atoms with van der Waals surface area (Å²) in [5.41, 5.74) is 0.320. The van der Waals surface area contributed by atoms with Crippen molar-refractivity contribution in [3.63, 3.8) is 0 Å². The van der Waals surface area contributed by atoms with Crippen LogP contribution in [0.4, 0.5) is 5.13 Å². The van der Waals surface area contributed by atoms with Gasteiger partial charge in [-0.05, 0) is 37.5 Å². The van der Waals surface area contributed by atoms with Gasteiger partial charge in [0.1, 0.15) is 0 Å². The number of likely N-dealkylation sites (tertiary alicyclic amines) is 1. The highest BCUT2D eigenvalue weighted by molar-refractivity contribution is 7.13. The van der Waals surface area contributed by atoms with Crippen LogP contribution in [-0.4, -0.2) is 54.7 Å². The van der Waals surface area contributed by atoms with Gasteiger partial charge in [-0.3, -0.25) is 4.79 Å². The first kappa shape index (κ1) is 15.4. The summed E-state index contributed by atoms with van der Waals surface area (Å²) in [6.07, 6.45) is 8.50. The molecular formula is C17H25N3O2S. The van der Waals surface area contributed by atoms with Crippen LogP contribution < -0.4 is 4.90 Å². The minimum Gasteiger partial charge on any atom is -0.376 e. The Morgan fingerprint density at radius 2 is 2.22 bits per heavy atom.